The van der Waals surface area contributed by atoms with E-state index in [4.69, 9.17) is 0 Å². The number of nitrogens with zero attached hydrogens (tertiary/aromatic N) is 3. The van der Waals surface area contributed by atoms with Crippen molar-refractivity contribution in [2.75, 3.05) is 26.7 Å². The van der Waals surface area contributed by atoms with Crippen molar-refractivity contribution in [3.63, 3.8) is 0 Å². The number of hydrogen-bond donors (Lipinski definition) is 1. The van der Waals surface area contributed by atoms with Crippen molar-refractivity contribution in [3.8, 4) is 0 Å². The molecular weight excluding hydrogens is 351 g/mol. The Bertz CT molecular complexity index is 683. The largest absolute Gasteiger partial charge is 0.350 e. The predicted molar refractivity (Wildman–Crippen MR) is 117 cm³/mol. The summed E-state index contributed by atoms with van der Waals surface area (Å²) in [6, 6.07) is 0.371. The van der Waals surface area contributed by atoms with E-state index in [0.717, 1.165) is 48.6 Å². The fraction of sp³-hybridized carbons (Fsp3) is 0.652. The van der Waals surface area contributed by atoms with Crippen LogP contribution in [0.2, 0.25) is 0 Å². The van der Waals surface area contributed by atoms with Gasteiger partial charge in [-0.15, -0.1) is 0 Å². The number of rotatable bonds is 3. The summed E-state index contributed by atoms with van der Waals surface area (Å²) in [7, 11) is 2.13. The number of allylic oxidation sites excluding steroid dienone is 4. The molecule has 0 aromatic carbocycles. The molecule has 5 heteroatoms. The number of hydrogen-bond acceptors (Lipinski definition) is 4. The van der Waals surface area contributed by atoms with E-state index in [1.54, 1.807) is 6.08 Å². The van der Waals surface area contributed by atoms with Crippen LogP contribution in [0.5, 0.6) is 0 Å². The first-order valence-electron chi connectivity index (χ1n) is 10.6. The lowest BCUT2D eigenvalue weighted by atomic mass is 9.92. The Morgan fingerprint density at radius 3 is 2.46 bits per heavy atom. The summed E-state index contributed by atoms with van der Waals surface area (Å²) in [5.74, 6) is 0.842. The van der Waals surface area contributed by atoms with Gasteiger partial charge in [-0.25, -0.2) is 4.39 Å². The van der Waals surface area contributed by atoms with Crippen molar-refractivity contribution in [3.05, 3.63) is 47.2 Å². The molecule has 3 heterocycles. The van der Waals surface area contributed by atoms with Crippen molar-refractivity contribution in [2.45, 2.75) is 72.6 Å². The normalized spacial score (nSPS) is 25.8. The van der Waals surface area contributed by atoms with Gasteiger partial charge in [-0.1, -0.05) is 27.4 Å². The molecule has 3 aliphatic heterocycles. The van der Waals surface area contributed by atoms with Crippen LogP contribution in [0.4, 0.5) is 4.39 Å². The molecule has 3 aliphatic rings. The summed E-state index contributed by atoms with van der Waals surface area (Å²) in [4.78, 5) is 6.79. The monoisotopic (exact) mass is 390 g/mol. The van der Waals surface area contributed by atoms with Crippen molar-refractivity contribution in [2.24, 2.45) is 0 Å². The van der Waals surface area contributed by atoms with Gasteiger partial charge >= 0.3 is 0 Å². The van der Waals surface area contributed by atoms with E-state index in [-0.39, 0.29) is 11.4 Å². The average Bonchev–Trinajstić information content (AvgIpc) is 3.06. The summed E-state index contributed by atoms with van der Waals surface area (Å²) in [5, 5.41) is 3.52. The van der Waals surface area contributed by atoms with Gasteiger partial charge in [0.15, 0.2) is 0 Å². The average molecular weight is 391 g/mol. The molecule has 0 aliphatic carbocycles. The van der Waals surface area contributed by atoms with E-state index in [2.05, 4.69) is 67.5 Å². The quantitative estimate of drug-likeness (QED) is 0.760. The van der Waals surface area contributed by atoms with Crippen LogP contribution in [0.25, 0.3) is 0 Å². The highest BCUT2D eigenvalue weighted by atomic mass is 19.1. The summed E-state index contributed by atoms with van der Waals surface area (Å²) < 4.78 is 15.2. The summed E-state index contributed by atoms with van der Waals surface area (Å²) in [6.07, 6.45) is 4.48. The molecule has 1 N–H and O–H groups in total. The highest BCUT2D eigenvalue weighted by Gasteiger charge is 2.38. The van der Waals surface area contributed by atoms with Gasteiger partial charge in [-0.05, 0) is 71.5 Å². The van der Waals surface area contributed by atoms with Crippen molar-refractivity contribution < 1.29 is 4.39 Å². The zero-order valence-electron chi connectivity index (χ0n) is 19.1. The zero-order valence-corrected chi connectivity index (χ0v) is 19.1. The molecule has 0 spiro atoms. The maximum atomic E-state index is 15.2. The van der Waals surface area contributed by atoms with Crippen LogP contribution < -0.4 is 5.32 Å². The Labute approximate surface area is 171 Å². The Kier molecular flexibility index (Phi) is 7.16. The summed E-state index contributed by atoms with van der Waals surface area (Å²) >= 11 is 0. The molecule has 0 radical (unpaired) electrons. The minimum absolute atomic E-state index is 0.105. The molecule has 2 atom stereocenters. The fourth-order valence-electron chi connectivity index (χ4n) is 4.14. The molecule has 158 valence electrons. The number of nitrogens with one attached hydrogen (secondary N) is 1. The standard InChI is InChI=1S/C21H33FN4.C2H6/c1-8-25(16-9-10-24(7)13-16)20-18(22)11-17-15(3)14(2)12-26(19(17)23-20)21(4,5)6;1-2/h11-12,16,20,23H,3,8-10,13H2,1-2,4-7H3;1-2H3. The van der Waals surface area contributed by atoms with Crippen molar-refractivity contribution in [1.29, 1.82) is 0 Å². The van der Waals surface area contributed by atoms with Gasteiger partial charge in [-0.2, -0.15) is 0 Å². The lowest BCUT2D eigenvalue weighted by Gasteiger charge is -2.46. The van der Waals surface area contributed by atoms with E-state index >= 15 is 4.39 Å². The van der Waals surface area contributed by atoms with Gasteiger partial charge in [0.25, 0.3) is 0 Å². The number of dihydropyridines is 1. The van der Waals surface area contributed by atoms with Gasteiger partial charge in [-0.3, -0.25) is 4.90 Å². The minimum atomic E-state index is -0.417. The lowest BCUT2D eigenvalue weighted by Crippen LogP contribution is -2.56. The zero-order chi connectivity index (χ0) is 21.2. The molecule has 2 unspecified atom stereocenters. The van der Waals surface area contributed by atoms with E-state index in [9.17, 15) is 0 Å². The molecule has 1 fully saturated rings. The van der Waals surface area contributed by atoms with E-state index in [1.807, 2.05) is 20.8 Å². The van der Waals surface area contributed by atoms with Crippen LogP contribution in [0.3, 0.4) is 0 Å². The minimum Gasteiger partial charge on any atom is -0.350 e. The molecule has 28 heavy (non-hydrogen) atoms. The van der Waals surface area contributed by atoms with E-state index in [1.165, 1.54) is 0 Å². The Hall–Kier alpha value is -1.59. The van der Waals surface area contributed by atoms with E-state index < -0.39 is 6.17 Å². The van der Waals surface area contributed by atoms with Crippen LogP contribution >= 0.6 is 0 Å². The SMILES string of the molecule is C=C1C(C)=CN(C(C)(C)C)C2=C1C=C(F)C(N(CC)C1CCN(C)C1)N2.CC. The van der Waals surface area contributed by atoms with Gasteiger partial charge < -0.3 is 15.1 Å². The number of likely N-dealkylation sites (tertiary alicyclic amines) is 1. The fourth-order valence-corrected chi connectivity index (χ4v) is 4.14. The lowest BCUT2D eigenvalue weighted by molar-refractivity contribution is 0.114. The molecule has 1 saturated heterocycles. The third-order valence-corrected chi connectivity index (χ3v) is 5.69. The molecule has 0 bridgehead atoms. The van der Waals surface area contributed by atoms with Crippen LogP contribution in [-0.4, -0.2) is 59.1 Å². The summed E-state index contributed by atoms with van der Waals surface area (Å²) in [6.45, 7) is 21.7. The van der Waals surface area contributed by atoms with E-state index in [0.29, 0.717) is 6.04 Å². The van der Waals surface area contributed by atoms with Crippen LogP contribution in [0.15, 0.2) is 47.2 Å². The first-order valence-corrected chi connectivity index (χ1v) is 10.6. The number of halogens is 1. The van der Waals surface area contributed by atoms with Gasteiger partial charge in [0, 0.05) is 29.9 Å². The second-order valence-corrected chi connectivity index (χ2v) is 8.71. The maximum absolute atomic E-state index is 15.2. The van der Waals surface area contributed by atoms with Gasteiger partial charge in [0.2, 0.25) is 0 Å². The highest BCUT2D eigenvalue weighted by Crippen LogP contribution is 2.37. The third kappa shape index (κ3) is 4.36. The van der Waals surface area contributed by atoms with Crippen LogP contribution in [0.1, 0.15) is 54.9 Å². The third-order valence-electron chi connectivity index (χ3n) is 5.69. The topological polar surface area (TPSA) is 21.8 Å². The smallest absolute Gasteiger partial charge is 0.138 e. The van der Waals surface area contributed by atoms with Crippen LogP contribution in [-0.2, 0) is 0 Å². The molecule has 0 aromatic rings. The number of likely N-dealkylation sites (N-methyl/N-ethyl adjacent to an activating group) is 2. The predicted octanol–water partition coefficient (Wildman–Crippen LogP) is 4.61. The maximum Gasteiger partial charge on any atom is 0.138 e. The highest BCUT2D eigenvalue weighted by molar-refractivity contribution is 5.56. The molecular formula is C23H39FN4. The van der Waals surface area contributed by atoms with Crippen molar-refractivity contribution in [1.82, 2.24) is 20.0 Å². The van der Waals surface area contributed by atoms with Crippen LogP contribution in [0, 0.1) is 0 Å². The van der Waals surface area contributed by atoms with Gasteiger partial charge in [0.1, 0.15) is 17.8 Å². The summed E-state index contributed by atoms with van der Waals surface area (Å²) in [5.41, 5.74) is 2.73. The first kappa shape index (κ1) is 22.7. The molecule has 0 saturated carbocycles. The second kappa shape index (κ2) is 8.83. The molecule has 4 nitrogen and oxygen atoms in total. The second-order valence-electron chi connectivity index (χ2n) is 8.71. The molecule has 0 aromatic heterocycles. The first-order chi connectivity index (χ1) is 13.1. The molecule has 0 amide bonds. The Morgan fingerprint density at radius 1 is 1.32 bits per heavy atom. The Morgan fingerprint density at radius 2 is 1.96 bits per heavy atom. The van der Waals surface area contributed by atoms with Gasteiger partial charge in [0.05, 0.1) is 0 Å². The molecule has 3 rings (SSSR count). The van der Waals surface area contributed by atoms with Crippen molar-refractivity contribution >= 4 is 0 Å². The Balaban J connectivity index is 0.00000136.